The van der Waals surface area contributed by atoms with Crippen LogP contribution in [0.25, 0.3) is 6.08 Å². The molecule has 1 saturated heterocycles. The van der Waals surface area contributed by atoms with Gasteiger partial charge in [-0.25, -0.2) is 9.78 Å². The molecular weight excluding hydrogens is 304 g/mol. The predicted molar refractivity (Wildman–Crippen MR) is 95.7 cm³/mol. The number of anilines is 1. The zero-order valence-electron chi connectivity index (χ0n) is 13.7. The normalized spacial score (nSPS) is 15.3. The number of morpholine rings is 1. The Balaban J connectivity index is 1.86. The quantitative estimate of drug-likeness (QED) is 0.438. The molecule has 2 rings (SSSR count). The third-order valence-corrected chi connectivity index (χ3v) is 3.49. The van der Waals surface area contributed by atoms with Crippen LogP contribution in [0.15, 0.2) is 61.4 Å². The van der Waals surface area contributed by atoms with Gasteiger partial charge in [0.25, 0.3) is 0 Å². The molecule has 0 atom stereocenters. The number of esters is 1. The fraction of sp³-hybridized carbons (Fsp3) is 0.263. The van der Waals surface area contributed by atoms with E-state index < -0.39 is 5.97 Å². The number of rotatable bonds is 7. The zero-order valence-corrected chi connectivity index (χ0v) is 13.7. The number of nitrogens with zero attached hydrogens (tertiary/aromatic N) is 2. The molecule has 0 radical (unpaired) electrons. The fourth-order valence-electron chi connectivity index (χ4n) is 2.17. The molecule has 1 fully saturated rings. The maximum atomic E-state index is 11.7. The van der Waals surface area contributed by atoms with Crippen LogP contribution in [0.5, 0.6) is 0 Å². The number of allylic oxidation sites excluding steroid dienone is 2. The number of hydrogen-bond donors (Lipinski definition) is 0. The van der Waals surface area contributed by atoms with Gasteiger partial charge in [0.1, 0.15) is 12.4 Å². The largest absolute Gasteiger partial charge is 0.458 e. The van der Waals surface area contributed by atoms with Gasteiger partial charge >= 0.3 is 5.97 Å². The van der Waals surface area contributed by atoms with E-state index in [1.807, 2.05) is 12.1 Å². The summed E-state index contributed by atoms with van der Waals surface area (Å²) in [6.07, 6.45) is 9.82. The molecule has 5 heteroatoms. The van der Waals surface area contributed by atoms with Crippen molar-refractivity contribution in [3.63, 3.8) is 0 Å². The first-order valence-electron chi connectivity index (χ1n) is 7.80. The van der Waals surface area contributed by atoms with E-state index in [0.717, 1.165) is 43.3 Å². The number of aromatic nitrogens is 1. The Morgan fingerprint density at radius 3 is 2.75 bits per heavy atom. The van der Waals surface area contributed by atoms with E-state index in [2.05, 4.69) is 23.0 Å². The van der Waals surface area contributed by atoms with Crippen LogP contribution in [0.1, 0.15) is 5.56 Å². The highest BCUT2D eigenvalue weighted by Gasteiger charge is 2.11. The second-order valence-corrected chi connectivity index (χ2v) is 5.17. The van der Waals surface area contributed by atoms with Gasteiger partial charge in [-0.2, -0.15) is 0 Å². The molecule has 0 saturated carbocycles. The van der Waals surface area contributed by atoms with E-state index >= 15 is 0 Å². The van der Waals surface area contributed by atoms with Gasteiger partial charge in [-0.15, -0.1) is 0 Å². The van der Waals surface area contributed by atoms with Crippen molar-refractivity contribution in [2.45, 2.75) is 0 Å². The number of carbonyl (C=O) groups excluding carboxylic acids is 1. The van der Waals surface area contributed by atoms with Gasteiger partial charge in [0, 0.05) is 25.4 Å². The minimum absolute atomic E-state index is 0.174. The summed E-state index contributed by atoms with van der Waals surface area (Å²) in [6, 6.07) is 3.87. The SMILES string of the molecule is C=C/C=C(\C=C)COC(=O)/C=C/c1ccc(N2CCOCC2)nc1. The summed E-state index contributed by atoms with van der Waals surface area (Å²) in [5.74, 6) is 0.507. The summed E-state index contributed by atoms with van der Waals surface area (Å²) < 4.78 is 10.5. The fourth-order valence-corrected chi connectivity index (χ4v) is 2.17. The summed E-state index contributed by atoms with van der Waals surface area (Å²) in [5, 5.41) is 0. The molecule has 1 aliphatic rings. The number of carbonyl (C=O) groups is 1. The van der Waals surface area contributed by atoms with Crippen LogP contribution >= 0.6 is 0 Å². The van der Waals surface area contributed by atoms with Gasteiger partial charge in [0.05, 0.1) is 13.2 Å². The van der Waals surface area contributed by atoms with E-state index in [1.54, 1.807) is 30.5 Å². The van der Waals surface area contributed by atoms with E-state index in [0.29, 0.717) is 0 Å². The molecule has 2 heterocycles. The minimum atomic E-state index is -0.413. The third kappa shape index (κ3) is 5.52. The Bertz CT molecular complexity index is 627. The lowest BCUT2D eigenvalue weighted by molar-refractivity contribution is -0.136. The number of hydrogen-bond acceptors (Lipinski definition) is 5. The molecule has 0 N–H and O–H groups in total. The van der Waals surface area contributed by atoms with Crippen molar-refractivity contribution >= 4 is 17.9 Å². The molecule has 24 heavy (non-hydrogen) atoms. The highest BCUT2D eigenvalue weighted by atomic mass is 16.5. The average molecular weight is 326 g/mol. The Labute approximate surface area is 142 Å². The van der Waals surface area contributed by atoms with Crippen LogP contribution in [0.2, 0.25) is 0 Å². The maximum Gasteiger partial charge on any atom is 0.331 e. The second kappa shape index (κ2) is 9.47. The molecule has 0 aromatic carbocycles. The van der Waals surface area contributed by atoms with Crippen molar-refractivity contribution in [1.82, 2.24) is 4.98 Å². The molecule has 126 valence electrons. The number of ether oxygens (including phenoxy) is 2. The van der Waals surface area contributed by atoms with Crippen molar-refractivity contribution in [1.29, 1.82) is 0 Å². The Kier molecular flexibility index (Phi) is 6.98. The molecule has 1 aromatic rings. The maximum absolute atomic E-state index is 11.7. The Morgan fingerprint density at radius 1 is 1.33 bits per heavy atom. The molecule has 0 bridgehead atoms. The standard InChI is InChI=1S/C19H22N2O3/c1-3-5-16(4-2)15-24-19(22)9-7-17-6-8-18(20-14-17)21-10-12-23-13-11-21/h3-9,14H,1-2,10-13,15H2/b9-7+,16-5+. The summed E-state index contributed by atoms with van der Waals surface area (Å²) in [6.45, 7) is 10.6. The van der Waals surface area contributed by atoms with Gasteiger partial charge in [0.15, 0.2) is 0 Å². The van der Waals surface area contributed by atoms with Crippen LogP contribution in [-0.4, -0.2) is 43.9 Å². The minimum Gasteiger partial charge on any atom is -0.458 e. The molecular formula is C19H22N2O3. The molecule has 0 spiro atoms. The van der Waals surface area contributed by atoms with E-state index in [-0.39, 0.29) is 6.61 Å². The summed E-state index contributed by atoms with van der Waals surface area (Å²) in [5.41, 5.74) is 1.64. The van der Waals surface area contributed by atoms with Crippen molar-refractivity contribution in [2.75, 3.05) is 37.8 Å². The number of pyridine rings is 1. The van der Waals surface area contributed by atoms with Gasteiger partial charge in [-0.3, -0.25) is 0 Å². The molecule has 5 nitrogen and oxygen atoms in total. The van der Waals surface area contributed by atoms with Crippen molar-refractivity contribution < 1.29 is 14.3 Å². The first kappa shape index (κ1) is 17.7. The Hall–Kier alpha value is -2.66. The van der Waals surface area contributed by atoms with Crippen LogP contribution in [0.3, 0.4) is 0 Å². The third-order valence-electron chi connectivity index (χ3n) is 3.49. The zero-order chi connectivity index (χ0) is 17.2. The summed E-state index contributed by atoms with van der Waals surface area (Å²) in [7, 11) is 0. The lowest BCUT2D eigenvalue weighted by Gasteiger charge is -2.27. The molecule has 0 unspecified atom stereocenters. The van der Waals surface area contributed by atoms with Crippen molar-refractivity contribution in [3.05, 3.63) is 66.9 Å². The predicted octanol–water partition coefficient (Wildman–Crippen LogP) is 2.77. The average Bonchev–Trinajstić information content (AvgIpc) is 2.64. The van der Waals surface area contributed by atoms with Gasteiger partial charge < -0.3 is 14.4 Å². The van der Waals surface area contributed by atoms with Crippen LogP contribution in [-0.2, 0) is 14.3 Å². The summed E-state index contributed by atoms with van der Waals surface area (Å²) in [4.78, 5) is 18.3. The van der Waals surface area contributed by atoms with Gasteiger partial charge in [0.2, 0.25) is 0 Å². The van der Waals surface area contributed by atoms with Crippen LogP contribution in [0, 0.1) is 0 Å². The second-order valence-electron chi connectivity index (χ2n) is 5.17. The molecule has 0 amide bonds. The van der Waals surface area contributed by atoms with E-state index in [9.17, 15) is 4.79 Å². The lowest BCUT2D eigenvalue weighted by Crippen LogP contribution is -2.36. The first-order valence-corrected chi connectivity index (χ1v) is 7.80. The highest BCUT2D eigenvalue weighted by Crippen LogP contribution is 2.13. The van der Waals surface area contributed by atoms with Crippen LogP contribution < -0.4 is 4.90 Å². The topological polar surface area (TPSA) is 51.7 Å². The Morgan fingerprint density at radius 2 is 2.12 bits per heavy atom. The van der Waals surface area contributed by atoms with Gasteiger partial charge in [-0.1, -0.05) is 31.4 Å². The lowest BCUT2D eigenvalue weighted by atomic mass is 10.2. The molecule has 1 aliphatic heterocycles. The van der Waals surface area contributed by atoms with E-state index in [1.165, 1.54) is 6.08 Å². The molecule has 0 aliphatic carbocycles. The van der Waals surface area contributed by atoms with Gasteiger partial charge in [-0.05, 0) is 29.3 Å². The monoisotopic (exact) mass is 326 g/mol. The van der Waals surface area contributed by atoms with Crippen molar-refractivity contribution in [3.8, 4) is 0 Å². The van der Waals surface area contributed by atoms with Crippen molar-refractivity contribution in [2.24, 2.45) is 0 Å². The smallest absolute Gasteiger partial charge is 0.331 e. The first-order chi connectivity index (χ1) is 11.7. The summed E-state index contributed by atoms with van der Waals surface area (Å²) >= 11 is 0. The highest BCUT2D eigenvalue weighted by molar-refractivity contribution is 5.87. The molecule has 1 aromatic heterocycles. The van der Waals surface area contributed by atoms with Crippen LogP contribution in [0.4, 0.5) is 5.82 Å². The van der Waals surface area contributed by atoms with E-state index in [4.69, 9.17) is 9.47 Å².